The fraction of sp³-hybridized carbons (Fsp3) is 0.500. The van der Waals surface area contributed by atoms with E-state index in [2.05, 4.69) is 21.0 Å². The van der Waals surface area contributed by atoms with Gasteiger partial charge in [0, 0.05) is 20.4 Å². The van der Waals surface area contributed by atoms with Gasteiger partial charge in [-0.1, -0.05) is 0 Å². The molecule has 0 saturated heterocycles. The molecule has 0 aliphatic rings. The molecule has 0 amide bonds. The van der Waals surface area contributed by atoms with Crippen LogP contribution < -0.4 is 0 Å². The van der Waals surface area contributed by atoms with Gasteiger partial charge in [-0.25, -0.2) is 0 Å². The summed E-state index contributed by atoms with van der Waals surface area (Å²) >= 11 is 3.35. The highest BCUT2D eigenvalue weighted by molar-refractivity contribution is 9.10. The van der Waals surface area contributed by atoms with Gasteiger partial charge in [0.25, 0.3) is 0 Å². The van der Waals surface area contributed by atoms with Crippen molar-refractivity contribution in [3.05, 3.63) is 16.4 Å². The van der Waals surface area contributed by atoms with Gasteiger partial charge in [-0.15, -0.1) is 0 Å². The number of hydrogen-bond acceptors (Lipinski definition) is 2. The summed E-state index contributed by atoms with van der Waals surface area (Å²) in [5.74, 6) is 0. The lowest BCUT2D eigenvalue weighted by atomic mass is 10.5. The van der Waals surface area contributed by atoms with Crippen molar-refractivity contribution in [2.75, 3.05) is 7.11 Å². The lowest BCUT2D eigenvalue weighted by Gasteiger charge is -1.91. The molecule has 1 aromatic rings. The van der Waals surface area contributed by atoms with Crippen molar-refractivity contribution in [2.45, 2.75) is 6.61 Å². The first-order valence-electron chi connectivity index (χ1n) is 2.91. The number of rotatable bonds is 2. The molecule has 0 bridgehead atoms. The number of nitrogens with zero attached hydrogens (tertiary/aromatic N) is 2. The summed E-state index contributed by atoms with van der Waals surface area (Å²) in [6.07, 6.45) is 1.90. The molecule has 0 N–H and O–H groups in total. The molecule has 0 aliphatic carbocycles. The predicted molar refractivity (Wildman–Crippen MR) is 41.6 cm³/mol. The van der Waals surface area contributed by atoms with Crippen molar-refractivity contribution in [3.63, 3.8) is 0 Å². The van der Waals surface area contributed by atoms with Gasteiger partial charge >= 0.3 is 0 Å². The lowest BCUT2D eigenvalue weighted by Crippen LogP contribution is -1.92. The van der Waals surface area contributed by atoms with Crippen LogP contribution in [-0.4, -0.2) is 16.9 Å². The monoisotopic (exact) mass is 204 g/mol. The number of methoxy groups -OCH3 is 1. The largest absolute Gasteiger partial charge is 0.378 e. The Morgan fingerprint density at radius 2 is 2.50 bits per heavy atom. The maximum absolute atomic E-state index is 4.92. The molecule has 0 saturated carbocycles. The number of ether oxygens (including phenoxy) is 1. The van der Waals surface area contributed by atoms with Crippen molar-refractivity contribution >= 4 is 15.9 Å². The molecule has 10 heavy (non-hydrogen) atoms. The standard InChI is InChI=1S/C6H9BrN2O/c1-9-3-5(7)6(8-9)4-10-2/h3H,4H2,1-2H3. The van der Waals surface area contributed by atoms with Crippen molar-refractivity contribution in [3.8, 4) is 0 Å². The van der Waals surface area contributed by atoms with Crippen LogP contribution >= 0.6 is 15.9 Å². The van der Waals surface area contributed by atoms with E-state index in [-0.39, 0.29) is 0 Å². The first kappa shape index (κ1) is 7.75. The second kappa shape index (κ2) is 3.16. The third kappa shape index (κ3) is 1.58. The summed E-state index contributed by atoms with van der Waals surface area (Å²) in [4.78, 5) is 0. The molecule has 1 rings (SSSR count). The van der Waals surface area contributed by atoms with Crippen molar-refractivity contribution in [2.24, 2.45) is 7.05 Å². The Morgan fingerprint density at radius 3 is 2.90 bits per heavy atom. The van der Waals surface area contributed by atoms with Crippen LogP contribution in [0.4, 0.5) is 0 Å². The number of aryl methyl sites for hydroxylation is 1. The topological polar surface area (TPSA) is 27.1 Å². The Hall–Kier alpha value is -0.350. The third-order valence-electron chi connectivity index (χ3n) is 1.14. The van der Waals surface area contributed by atoms with Crippen LogP contribution in [0, 0.1) is 0 Å². The molecule has 0 fully saturated rings. The summed E-state index contributed by atoms with van der Waals surface area (Å²) in [7, 11) is 3.53. The Labute approximate surface area is 68.1 Å². The Morgan fingerprint density at radius 1 is 1.80 bits per heavy atom. The first-order chi connectivity index (χ1) is 4.74. The van der Waals surface area contributed by atoms with Gasteiger partial charge in [-0.2, -0.15) is 5.10 Å². The zero-order valence-electron chi connectivity index (χ0n) is 5.97. The number of hydrogen-bond donors (Lipinski definition) is 0. The van der Waals surface area contributed by atoms with Gasteiger partial charge in [-0.3, -0.25) is 4.68 Å². The van der Waals surface area contributed by atoms with Crippen molar-refractivity contribution in [1.82, 2.24) is 9.78 Å². The Balaban J connectivity index is 2.81. The van der Waals surface area contributed by atoms with Crippen LogP contribution in [0.25, 0.3) is 0 Å². The summed E-state index contributed by atoms with van der Waals surface area (Å²) in [5, 5.41) is 4.14. The average molecular weight is 205 g/mol. The highest BCUT2D eigenvalue weighted by Gasteiger charge is 2.02. The normalized spacial score (nSPS) is 10.3. The fourth-order valence-electron chi connectivity index (χ4n) is 0.740. The van der Waals surface area contributed by atoms with E-state index < -0.39 is 0 Å². The quantitative estimate of drug-likeness (QED) is 0.728. The molecule has 1 aromatic heterocycles. The van der Waals surface area contributed by atoms with Gasteiger partial charge in [0.1, 0.15) is 5.69 Å². The van der Waals surface area contributed by atoms with E-state index in [9.17, 15) is 0 Å². The fourth-order valence-corrected chi connectivity index (χ4v) is 1.23. The molecular formula is C6H9BrN2O. The van der Waals surface area contributed by atoms with Crippen LogP contribution in [0.15, 0.2) is 10.7 Å². The molecular weight excluding hydrogens is 196 g/mol. The minimum Gasteiger partial charge on any atom is -0.378 e. The smallest absolute Gasteiger partial charge is 0.102 e. The van der Waals surface area contributed by atoms with Crippen LogP contribution in [0.2, 0.25) is 0 Å². The molecule has 1 heterocycles. The van der Waals surface area contributed by atoms with Gasteiger partial charge in [0.05, 0.1) is 11.1 Å². The second-order valence-electron chi connectivity index (χ2n) is 2.03. The molecule has 0 aromatic carbocycles. The summed E-state index contributed by atoms with van der Waals surface area (Å²) < 4.78 is 7.66. The Bertz CT molecular complexity index is 222. The van der Waals surface area contributed by atoms with E-state index in [1.54, 1.807) is 11.8 Å². The number of halogens is 1. The van der Waals surface area contributed by atoms with E-state index in [1.807, 2.05) is 13.2 Å². The zero-order chi connectivity index (χ0) is 7.56. The SMILES string of the molecule is COCc1nn(C)cc1Br. The molecule has 56 valence electrons. The molecule has 0 aliphatic heterocycles. The third-order valence-corrected chi connectivity index (χ3v) is 1.80. The highest BCUT2D eigenvalue weighted by Crippen LogP contribution is 2.14. The van der Waals surface area contributed by atoms with Gasteiger partial charge in [-0.05, 0) is 15.9 Å². The molecule has 0 spiro atoms. The van der Waals surface area contributed by atoms with Crippen LogP contribution in [0.1, 0.15) is 5.69 Å². The first-order valence-corrected chi connectivity index (χ1v) is 3.70. The Kier molecular flexibility index (Phi) is 2.45. The number of aromatic nitrogens is 2. The molecule has 4 heteroatoms. The molecule has 0 unspecified atom stereocenters. The average Bonchev–Trinajstić information content (AvgIpc) is 2.13. The summed E-state index contributed by atoms with van der Waals surface area (Å²) in [6.45, 7) is 0.557. The minimum atomic E-state index is 0.557. The van der Waals surface area contributed by atoms with Crippen LogP contribution in [0.5, 0.6) is 0 Å². The van der Waals surface area contributed by atoms with E-state index in [0.717, 1.165) is 10.2 Å². The second-order valence-corrected chi connectivity index (χ2v) is 2.88. The molecule has 0 atom stereocenters. The van der Waals surface area contributed by atoms with E-state index in [0.29, 0.717) is 6.61 Å². The van der Waals surface area contributed by atoms with E-state index in [1.165, 1.54) is 0 Å². The summed E-state index contributed by atoms with van der Waals surface area (Å²) in [6, 6.07) is 0. The van der Waals surface area contributed by atoms with Crippen LogP contribution in [-0.2, 0) is 18.4 Å². The molecule has 0 radical (unpaired) electrons. The van der Waals surface area contributed by atoms with Crippen LogP contribution in [0.3, 0.4) is 0 Å². The van der Waals surface area contributed by atoms with E-state index >= 15 is 0 Å². The molecule has 3 nitrogen and oxygen atoms in total. The predicted octanol–water partition coefficient (Wildman–Crippen LogP) is 1.33. The minimum absolute atomic E-state index is 0.557. The maximum Gasteiger partial charge on any atom is 0.102 e. The summed E-state index contributed by atoms with van der Waals surface area (Å²) in [5.41, 5.74) is 0.935. The maximum atomic E-state index is 4.92. The van der Waals surface area contributed by atoms with Gasteiger partial charge in [0.2, 0.25) is 0 Å². The lowest BCUT2D eigenvalue weighted by molar-refractivity contribution is 0.180. The van der Waals surface area contributed by atoms with Gasteiger partial charge < -0.3 is 4.74 Å². The van der Waals surface area contributed by atoms with Gasteiger partial charge in [0.15, 0.2) is 0 Å². The van der Waals surface area contributed by atoms with Crippen molar-refractivity contribution in [1.29, 1.82) is 0 Å². The van der Waals surface area contributed by atoms with Crippen molar-refractivity contribution < 1.29 is 4.74 Å². The zero-order valence-corrected chi connectivity index (χ0v) is 7.55. The highest BCUT2D eigenvalue weighted by atomic mass is 79.9. The van der Waals surface area contributed by atoms with E-state index in [4.69, 9.17) is 4.74 Å².